The molecule has 1 amide bonds. The number of nitrogens with one attached hydrogen (secondary N) is 2. The first kappa shape index (κ1) is 22.3. The average Bonchev–Trinajstić information content (AvgIpc) is 2.89. The molecule has 3 rings (SSSR count). The highest BCUT2D eigenvalue weighted by molar-refractivity contribution is 7.99. The lowest BCUT2D eigenvalue weighted by Gasteiger charge is -2.22. The van der Waals surface area contributed by atoms with Crippen molar-refractivity contribution in [2.75, 3.05) is 59.8 Å². The zero-order chi connectivity index (χ0) is 21.5. The lowest BCUT2D eigenvalue weighted by atomic mass is 10.1. The molecule has 0 bridgehead atoms. The lowest BCUT2D eigenvalue weighted by Crippen LogP contribution is -2.45. The number of anilines is 4. The number of hydrogen-bond acceptors (Lipinski definition) is 8. The molecule has 1 aromatic heterocycles. The summed E-state index contributed by atoms with van der Waals surface area (Å²) < 4.78 is 0. The highest BCUT2D eigenvalue weighted by Crippen LogP contribution is 2.33. The maximum Gasteiger partial charge on any atom is 0.240 e. The fourth-order valence-electron chi connectivity index (χ4n) is 3.54. The Morgan fingerprint density at radius 3 is 2.87 bits per heavy atom. The Bertz CT molecular complexity index is 876. The number of carbonyl (C=O) groups excluding carboxylic acids is 1. The topological polar surface area (TPSA) is 135 Å². The summed E-state index contributed by atoms with van der Waals surface area (Å²) in [5.74, 6) is 2.00. The van der Waals surface area contributed by atoms with Crippen LogP contribution in [0.4, 0.5) is 22.9 Å². The zero-order valence-electron chi connectivity index (χ0n) is 17.6. The van der Waals surface area contributed by atoms with Gasteiger partial charge in [0.15, 0.2) is 0 Å². The van der Waals surface area contributed by atoms with Crippen LogP contribution in [0.1, 0.15) is 26.2 Å². The molecule has 9 heteroatoms. The summed E-state index contributed by atoms with van der Waals surface area (Å²) >= 11 is 1.73. The van der Waals surface area contributed by atoms with Gasteiger partial charge in [-0.25, -0.2) is 4.98 Å². The van der Waals surface area contributed by atoms with Crippen molar-refractivity contribution in [3.05, 3.63) is 18.2 Å². The van der Waals surface area contributed by atoms with Crippen LogP contribution in [-0.2, 0) is 4.79 Å². The van der Waals surface area contributed by atoms with Crippen molar-refractivity contribution in [3.8, 4) is 0 Å². The summed E-state index contributed by atoms with van der Waals surface area (Å²) in [6.45, 7) is 5.02. The van der Waals surface area contributed by atoms with Gasteiger partial charge in [-0.1, -0.05) is 19.8 Å². The van der Waals surface area contributed by atoms with Gasteiger partial charge in [0.1, 0.15) is 5.82 Å². The van der Waals surface area contributed by atoms with Crippen molar-refractivity contribution < 1.29 is 4.79 Å². The molecular weight excluding hydrogens is 398 g/mol. The van der Waals surface area contributed by atoms with E-state index in [0.717, 1.165) is 60.4 Å². The van der Waals surface area contributed by atoms with Gasteiger partial charge in [-0.2, -0.15) is 11.8 Å². The Hall–Kier alpha value is -2.39. The van der Waals surface area contributed by atoms with E-state index in [-0.39, 0.29) is 5.91 Å². The van der Waals surface area contributed by atoms with E-state index in [9.17, 15) is 4.79 Å². The molecule has 8 nitrogen and oxygen atoms in total. The Morgan fingerprint density at radius 1 is 1.23 bits per heavy atom. The summed E-state index contributed by atoms with van der Waals surface area (Å²) in [4.78, 5) is 18.6. The van der Waals surface area contributed by atoms with Gasteiger partial charge >= 0.3 is 0 Å². The molecule has 2 heterocycles. The summed E-state index contributed by atoms with van der Waals surface area (Å²) in [5.41, 5.74) is 21.3. The summed E-state index contributed by atoms with van der Waals surface area (Å²) in [6.07, 6.45) is 3.39. The minimum absolute atomic E-state index is 0.0336. The molecule has 30 heavy (non-hydrogen) atoms. The van der Waals surface area contributed by atoms with Crippen molar-refractivity contribution in [1.82, 2.24) is 9.88 Å². The van der Waals surface area contributed by atoms with Crippen molar-refractivity contribution in [1.29, 1.82) is 0 Å². The number of nitrogens with zero attached hydrogens (tertiary/aromatic N) is 2. The number of nitrogens with two attached hydrogens (primary N) is 3. The molecule has 164 valence electrons. The van der Waals surface area contributed by atoms with Gasteiger partial charge in [-0.15, -0.1) is 0 Å². The number of thioether (sulfide) groups is 1. The molecule has 0 radical (unpaired) electrons. The van der Waals surface area contributed by atoms with Gasteiger partial charge in [0.05, 0.1) is 22.9 Å². The number of benzene rings is 1. The van der Waals surface area contributed by atoms with E-state index in [1.54, 1.807) is 11.8 Å². The molecule has 0 saturated carbocycles. The Kier molecular flexibility index (Phi) is 7.87. The standard InChI is InChI=1S/C21H33N7OS/c1-2-3-4-7-26-19-15-12-14(5-6-17(15)27-20(24)18(19)23)25-8-9-28-10-11-30-13-16(22)21(28)29/h5-6,12,16,25H,2-4,7-11,13,22-23H2,1H3,(H3,24,26,27). The number of hydrogen-bond donors (Lipinski definition) is 5. The molecule has 0 spiro atoms. The first-order valence-electron chi connectivity index (χ1n) is 10.6. The molecule has 1 aromatic carbocycles. The van der Waals surface area contributed by atoms with E-state index in [2.05, 4.69) is 22.5 Å². The van der Waals surface area contributed by atoms with E-state index in [0.29, 0.717) is 30.3 Å². The number of rotatable bonds is 9. The molecular formula is C21H33N7OS. The van der Waals surface area contributed by atoms with Crippen molar-refractivity contribution in [2.24, 2.45) is 5.73 Å². The van der Waals surface area contributed by atoms with Crippen molar-refractivity contribution in [2.45, 2.75) is 32.2 Å². The maximum absolute atomic E-state index is 12.3. The Balaban J connectivity index is 1.70. The van der Waals surface area contributed by atoms with Crippen LogP contribution >= 0.6 is 11.8 Å². The zero-order valence-corrected chi connectivity index (χ0v) is 18.4. The third kappa shape index (κ3) is 5.40. The van der Waals surface area contributed by atoms with Gasteiger partial charge in [0.2, 0.25) is 5.91 Å². The number of nitrogen functional groups attached to an aromatic ring is 2. The van der Waals surface area contributed by atoms with Crippen LogP contribution in [0.2, 0.25) is 0 Å². The van der Waals surface area contributed by atoms with Crippen LogP contribution < -0.4 is 27.8 Å². The second kappa shape index (κ2) is 10.6. The monoisotopic (exact) mass is 431 g/mol. The van der Waals surface area contributed by atoms with Crippen LogP contribution in [0.25, 0.3) is 10.9 Å². The number of fused-ring (bicyclic) bond motifs is 1. The van der Waals surface area contributed by atoms with Gasteiger partial charge < -0.3 is 32.7 Å². The molecule has 1 aliphatic heterocycles. The first-order valence-corrected chi connectivity index (χ1v) is 11.7. The molecule has 1 fully saturated rings. The van der Waals surface area contributed by atoms with Crippen LogP contribution in [0.15, 0.2) is 18.2 Å². The number of aromatic nitrogens is 1. The second-order valence-corrected chi connectivity index (χ2v) is 8.73. The first-order chi connectivity index (χ1) is 14.5. The Labute approximate surface area is 182 Å². The number of carbonyl (C=O) groups is 1. The van der Waals surface area contributed by atoms with Crippen LogP contribution in [0.3, 0.4) is 0 Å². The van der Waals surface area contributed by atoms with E-state index in [1.807, 2.05) is 23.1 Å². The molecule has 2 aromatic rings. The van der Waals surface area contributed by atoms with Crippen LogP contribution in [0, 0.1) is 0 Å². The van der Waals surface area contributed by atoms with Gasteiger partial charge in [-0.05, 0) is 24.6 Å². The lowest BCUT2D eigenvalue weighted by molar-refractivity contribution is -0.131. The molecule has 0 aliphatic carbocycles. The van der Waals surface area contributed by atoms with Crippen molar-refractivity contribution in [3.63, 3.8) is 0 Å². The minimum atomic E-state index is -0.404. The fraction of sp³-hybridized carbons (Fsp3) is 0.524. The van der Waals surface area contributed by atoms with E-state index >= 15 is 0 Å². The molecule has 1 unspecified atom stereocenters. The Morgan fingerprint density at radius 2 is 2.07 bits per heavy atom. The highest BCUT2D eigenvalue weighted by atomic mass is 32.2. The third-order valence-corrected chi connectivity index (χ3v) is 6.34. The molecule has 1 aliphatic rings. The summed E-state index contributed by atoms with van der Waals surface area (Å²) in [5, 5.41) is 7.79. The SMILES string of the molecule is CCCCCNc1c(N)c(N)nc2ccc(NCCN3CCSCC(N)C3=O)cc12. The van der Waals surface area contributed by atoms with Crippen LogP contribution in [-0.4, -0.2) is 59.5 Å². The fourth-order valence-corrected chi connectivity index (χ4v) is 4.46. The molecule has 1 atom stereocenters. The van der Waals surface area contributed by atoms with Crippen molar-refractivity contribution >= 4 is 51.5 Å². The average molecular weight is 432 g/mol. The predicted octanol–water partition coefficient (Wildman–Crippen LogP) is 2.32. The highest BCUT2D eigenvalue weighted by Gasteiger charge is 2.23. The molecule has 1 saturated heterocycles. The quantitative estimate of drug-likeness (QED) is 0.382. The summed E-state index contributed by atoms with van der Waals surface area (Å²) in [7, 11) is 0. The minimum Gasteiger partial charge on any atom is -0.394 e. The van der Waals surface area contributed by atoms with E-state index in [1.165, 1.54) is 0 Å². The normalized spacial score (nSPS) is 17.2. The number of unbranched alkanes of at least 4 members (excludes halogenated alkanes) is 2. The number of amides is 1. The maximum atomic E-state index is 12.3. The largest absolute Gasteiger partial charge is 0.394 e. The third-order valence-electron chi connectivity index (χ3n) is 5.28. The van der Waals surface area contributed by atoms with Gasteiger partial charge in [0.25, 0.3) is 0 Å². The van der Waals surface area contributed by atoms with Crippen LogP contribution in [0.5, 0.6) is 0 Å². The number of pyridine rings is 1. The second-order valence-electron chi connectivity index (χ2n) is 7.59. The summed E-state index contributed by atoms with van der Waals surface area (Å²) in [6, 6.07) is 5.54. The van der Waals surface area contributed by atoms with Gasteiger partial charge in [-0.3, -0.25) is 4.79 Å². The predicted molar refractivity (Wildman–Crippen MR) is 129 cm³/mol. The van der Waals surface area contributed by atoms with E-state index in [4.69, 9.17) is 17.2 Å². The smallest absolute Gasteiger partial charge is 0.240 e. The van der Waals surface area contributed by atoms with Gasteiger partial charge in [0, 0.05) is 48.8 Å². The molecule has 8 N–H and O–H groups in total. The van der Waals surface area contributed by atoms with E-state index < -0.39 is 6.04 Å².